The zero-order chi connectivity index (χ0) is 20.1. The van der Waals surface area contributed by atoms with E-state index in [4.69, 9.17) is 0 Å². The van der Waals surface area contributed by atoms with E-state index in [0.717, 1.165) is 0 Å². The zero-order valence-corrected chi connectivity index (χ0v) is 14.4. The van der Waals surface area contributed by atoms with Gasteiger partial charge in [0, 0.05) is 12.1 Å². The molecule has 0 aliphatic rings. The van der Waals surface area contributed by atoms with Crippen LogP contribution in [0.2, 0.25) is 0 Å². The van der Waals surface area contributed by atoms with Crippen LogP contribution >= 0.6 is 0 Å². The Morgan fingerprint density at radius 1 is 1.04 bits per heavy atom. The molecule has 1 atom stereocenters. The van der Waals surface area contributed by atoms with Crippen molar-refractivity contribution in [1.29, 1.82) is 0 Å². The van der Waals surface area contributed by atoms with Crippen LogP contribution in [0.5, 0.6) is 5.75 Å². The standard InChI is InChI=1S/C19H18F3NO4/c1-18(17(25)26,14-5-3-2-4-6-14)11-23-16(24)13-7-9-15(10-8-13)27-12-19(20,21)22/h2-10H,11-12H2,1H3,(H,23,24)(H,25,26). The summed E-state index contributed by atoms with van der Waals surface area (Å²) in [5.41, 5.74) is -0.615. The average molecular weight is 381 g/mol. The Bertz CT molecular complexity index is 791. The lowest BCUT2D eigenvalue weighted by Crippen LogP contribution is -2.44. The minimum Gasteiger partial charge on any atom is -0.484 e. The molecule has 5 nitrogen and oxygen atoms in total. The molecule has 2 rings (SSSR count). The minimum absolute atomic E-state index is 0.0245. The summed E-state index contributed by atoms with van der Waals surface area (Å²) in [5.74, 6) is -1.66. The van der Waals surface area contributed by atoms with Crippen molar-refractivity contribution < 1.29 is 32.6 Å². The van der Waals surface area contributed by atoms with Gasteiger partial charge in [0.1, 0.15) is 11.2 Å². The molecule has 0 fully saturated rings. The maximum Gasteiger partial charge on any atom is 0.422 e. The summed E-state index contributed by atoms with van der Waals surface area (Å²) in [7, 11) is 0. The number of halogens is 3. The molecule has 8 heteroatoms. The molecule has 0 heterocycles. The number of hydrogen-bond donors (Lipinski definition) is 2. The van der Waals surface area contributed by atoms with E-state index >= 15 is 0 Å². The Hall–Kier alpha value is -3.03. The van der Waals surface area contributed by atoms with Crippen molar-refractivity contribution in [3.05, 3.63) is 65.7 Å². The van der Waals surface area contributed by atoms with Crippen LogP contribution in [0, 0.1) is 0 Å². The van der Waals surface area contributed by atoms with Crippen molar-refractivity contribution in [2.75, 3.05) is 13.2 Å². The number of carbonyl (C=O) groups is 2. The Balaban J connectivity index is 2.03. The fraction of sp³-hybridized carbons (Fsp3) is 0.263. The molecule has 27 heavy (non-hydrogen) atoms. The van der Waals surface area contributed by atoms with Crippen LogP contribution in [0.15, 0.2) is 54.6 Å². The molecule has 0 spiro atoms. The first kappa shape index (κ1) is 20.3. The second-order valence-corrected chi connectivity index (χ2v) is 6.11. The van der Waals surface area contributed by atoms with Gasteiger partial charge in [0.15, 0.2) is 6.61 Å². The highest BCUT2D eigenvalue weighted by Gasteiger charge is 2.35. The van der Waals surface area contributed by atoms with E-state index in [0.29, 0.717) is 5.56 Å². The fourth-order valence-electron chi connectivity index (χ4n) is 2.33. The highest BCUT2D eigenvalue weighted by atomic mass is 19.4. The predicted molar refractivity (Wildman–Crippen MR) is 91.8 cm³/mol. The summed E-state index contributed by atoms with van der Waals surface area (Å²) in [6.07, 6.45) is -4.45. The van der Waals surface area contributed by atoms with Gasteiger partial charge in [0.05, 0.1) is 0 Å². The van der Waals surface area contributed by atoms with Crippen LogP contribution in [0.3, 0.4) is 0 Å². The third kappa shape index (κ3) is 5.47. The smallest absolute Gasteiger partial charge is 0.422 e. The lowest BCUT2D eigenvalue weighted by Gasteiger charge is -2.25. The van der Waals surface area contributed by atoms with Crippen LogP contribution in [-0.4, -0.2) is 36.3 Å². The first-order valence-electron chi connectivity index (χ1n) is 7.98. The van der Waals surface area contributed by atoms with Gasteiger partial charge in [-0.2, -0.15) is 13.2 Å². The largest absolute Gasteiger partial charge is 0.484 e. The molecule has 2 aromatic rings. The molecule has 144 valence electrons. The number of nitrogens with one attached hydrogen (secondary N) is 1. The first-order valence-corrected chi connectivity index (χ1v) is 7.98. The summed E-state index contributed by atoms with van der Waals surface area (Å²) in [6, 6.07) is 13.6. The zero-order valence-electron chi connectivity index (χ0n) is 14.4. The maximum absolute atomic E-state index is 12.2. The van der Waals surface area contributed by atoms with Crippen molar-refractivity contribution in [1.82, 2.24) is 5.32 Å². The van der Waals surface area contributed by atoms with Gasteiger partial charge in [0.25, 0.3) is 5.91 Å². The number of carboxylic acid groups (broad SMARTS) is 1. The number of rotatable bonds is 7. The molecule has 0 radical (unpaired) electrons. The molecule has 0 aromatic heterocycles. The predicted octanol–water partition coefficient (Wildman–Crippen LogP) is 3.40. The molecule has 1 unspecified atom stereocenters. The third-order valence-corrected chi connectivity index (χ3v) is 4.00. The number of benzene rings is 2. The second-order valence-electron chi connectivity index (χ2n) is 6.11. The van der Waals surface area contributed by atoms with Crippen molar-refractivity contribution in [2.24, 2.45) is 0 Å². The summed E-state index contributed by atoms with van der Waals surface area (Å²) >= 11 is 0. The summed E-state index contributed by atoms with van der Waals surface area (Å²) in [5, 5.41) is 12.1. The van der Waals surface area contributed by atoms with Crippen LogP contribution in [0.1, 0.15) is 22.8 Å². The molecule has 2 N–H and O–H groups in total. The lowest BCUT2D eigenvalue weighted by molar-refractivity contribution is -0.153. The van der Waals surface area contributed by atoms with Gasteiger partial charge < -0.3 is 15.2 Å². The minimum atomic E-state index is -4.45. The van der Waals surface area contributed by atoms with Gasteiger partial charge in [-0.1, -0.05) is 30.3 Å². The van der Waals surface area contributed by atoms with Gasteiger partial charge in [-0.25, -0.2) is 0 Å². The van der Waals surface area contributed by atoms with Gasteiger partial charge in [-0.05, 0) is 36.8 Å². The molecular weight excluding hydrogens is 363 g/mol. The molecular formula is C19H18F3NO4. The number of aliphatic carboxylic acids is 1. The highest BCUT2D eigenvalue weighted by Crippen LogP contribution is 2.24. The summed E-state index contributed by atoms with van der Waals surface area (Å²) < 4.78 is 41.0. The SMILES string of the molecule is CC(CNC(=O)c1ccc(OCC(F)(F)F)cc1)(C(=O)O)c1ccccc1. The number of amides is 1. The van der Waals surface area contributed by atoms with E-state index in [1.807, 2.05) is 0 Å². The molecule has 0 aliphatic carbocycles. The number of hydrogen-bond acceptors (Lipinski definition) is 3. The second kappa shape index (κ2) is 8.11. The Morgan fingerprint density at radius 3 is 2.15 bits per heavy atom. The maximum atomic E-state index is 12.2. The van der Waals surface area contributed by atoms with Crippen molar-refractivity contribution in [2.45, 2.75) is 18.5 Å². The topological polar surface area (TPSA) is 75.6 Å². The number of carbonyl (C=O) groups excluding carboxylic acids is 1. The van der Waals surface area contributed by atoms with E-state index in [-0.39, 0.29) is 17.9 Å². The fourth-order valence-corrected chi connectivity index (χ4v) is 2.33. The molecule has 0 saturated heterocycles. The normalized spacial score (nSPS) is 13.5. The monoisotopic (exact) mass is 381 g/mol. The van der Waals surface area contributed by atoms with E-state index in [9.17, 15) is 27.9 Å². The van der Waals surface area contributed by atoms with Crippen LogP contribution in [0.25, 0.3) is 0 Å². The first-order chi connectivity index (χ1) is 12.6. The lowest BCUT2D eigenvalue weighted by atomic mass is 9.82. The summed E-state index contributed by atoms with van der Waals surface area (Å²) in [4.78, 5) is 24.0. The quantitative estimate of drug-likeness (QED) is 0.771. The van der Waals surface area contributed by atoms with E-state index in [1.54, 1.807) is 30.3 Å². The Morgan fingerprint density at radius 2 is 1.63 bits per heavy atom. The molecule has 0 bridgehead atoms. The number of alkyl halides is 3. The van der Waals surface area contributed by atoms with E-state index in [1.165, 1.54) is 31.2 Å². The van der Waals surface area contributed by atoms with Gasteiger partial charge in [-0.15, -0.1) is 0 Å². The number of ether oxygens (including phenoxy) is 1. The van der Waals surface area contributed by atoms with Crippen molar-refractivity contribution >= 4 is 11.9 Å². The van der Waals surface area contributed by atoms with Crippen molar-refractivity contribution in [3.8, 4) is 5.75 Å². The van der Waals surface area contributed by atoms with Crippen LogP contribution < -0.4 is 10.1 Å². The van der Waals surface area contributed by atoms with Crippen LogP contribution in [0.4, 0.5) is 13.2 Å². The average Bonchev–Trinajstić information content (AvgIpc) is 2.64. The van der Waals surface area contributed by atoms with E-state index in [2.05, 4.69) is 10.1 Å². The number of carboxylic acids is 1. The summed E-state index contributed by atoms with van der Waals surface area (Å²) in [6.45, 7) is -0.0802. The molecule has 2 aromatic carbocycles. The van der Waals surface area contributed by atoms with Crippen molar-refractivity contribution in [3.63, 3.8) is 0 Å². The van der Waals surface area contributed by atoms with Crippen LogP contribution in [-0.2, 0) is 10.2 Å². The Labute approximate surface area is 153 Å². The third-order valence-electron chi connectivity index (χ3n) is 4.00. The molecule has 1 amide bonds. The van der Waals surface area contributed by atoms with Gasteiger partial charge in [0.2, 0.25) is 0 Å². The van der Waals surface area contributed by atoms with Gasteiger partial charge in [-0.3, -0.25) is 9.59 Å². The van der Waals surface area contributed by atoms with E-state index < -0.39 is 30.1 Å². The van der Waals surface area contributed by atoms with Gasteiger partial charge >= 0.3 is 12.1 Å². The highest BCUT2D eigenvalue weighted by molar-refractivity contribution is 5.95. The Kier molecular flexibility index (Phi) is 6.09. The molecule has 0 saturated carbocycles. The molecule has 0 aliphatic heterocycles.